The first-order chi connectivity index (χ1) is 6.84. The molecule has 0 atom stereocenters. The topological polar surface area (TPSA) is 38.9 Å². The largest absolute Gasteiger partial charge is 0.397 e. The summed E-state index contributed by atoms with van der Waals surface area (Å²) in [5.74, 6) is 0. The molecule has 2 nitrogen and oxygen atoms in total. The van der Waals surface area contributed by atoms with Gasteiger partial charge in [0.05, 0.1) is 11.9 Å². The van der Waals surface area contributed by atoms with Gasteiger partial charge in [-0.2, -0.15) is 0 Å². The van der Waals surface area contributed by atoms with Crippen LogP contribution >= 0.6 is 11.3 Å². The van der Waals surface area contributed by atoms with Crippen molar-refractivity contribution >= 4 is 37.3 Å². The molecule has 0 spiro atoms. The fraction of sp³-hybridized carbons (Fsp3) is 0. The van der Waals surface area contributed by atoms with Crippen molar-refractivity contribution in [3.8, 4) is 0 Å². The van der Waals surface area contributed by atoms with Gasteiger partial charge in [-0.25, -0.2) is 4.98 Å². The lowest BCUT2D eigenvalue weighted by atomic mass is 10.2. The molecule has 0 aliphatic heterocycles. The zero-order valence-electron chi connectivity index (χ0n) is 7.40. The van der Waals surface area contributed by atoms with Gasteiger partial charge in [-0.3, -0.25) is 0 Å². The molecule has 1 aromatic carbocycles. The van der Waals surface area contributed by atoms with Crippen LogP contribution in [0.3, 0.4) is 0 Å². The Morgan fingerprint density at radius 3 is 2.93 bits per heavy atom. The third-order valence-electron chi connectivity index (χ3n) is 2.26. The van der Waals surface area contributed by atoms with E-state index in [0.29, 0.717) is 0 Å². The van der Waals surface area contributed by atoms with E-state index < -0.39 is 0 Å². The van der Waals surface area contributed by atoms with Crippen LogP contribution in [0.1, 0.15) is 0 Å². The highest BCUT2D eigenvalue weighted by Crippen LogP contribution is 2.32. The summed E-state index contributed by atoms with van der Waals surface area (Å²) in [6, 6.07) is 10.3. The molecule has 14 heavy (non-hydrogen) atoms. The first-order valence-electron chi connectivity index (χ1n) is 4.37. The Morgan fingerprint density at radius 2 is 2.00 bits per heavy atom. The number of fused-ring (bicyclic) bond motifs is 3. The van der Waals surface area contributed by atoms with Gasteiger partial charge in [0.2, 0.25) is 0 Å². The minimum absolute atomic E-state index is 0.723. The maximum atomic E-state index is 5.72. The molecule has 0 saturated carbocycles. The van der Waals surface area contributed by atoms with Crippen molar-refractivity contribution < 1.29 is 0 Å². The molecular formula is C11H8N2S. The Hall–Kier alpha value is -1.61. The number of anilines is 1. The maximum absolute atomic E-state index is 5.72. The number of hydrogen-bond donors (Lipinski definition) is 1. The molecule has 2 aromatic heterocycles. The number of aromatic nitrogens is 1. The second kappa shape index (κ2) is 2.69. The van der Waals surface area contributed by atoms with Gasteiger partial charge in [0.1, 0.15) is 4.83 Å². The molecule has 3 rings (SSSR count). The second-order valence-corrected chi connectivity index (χ2v) is 4.25. The van der Waals surface area contributed by atoms with E-state index in [4.69, 9.17) is 5.73 Å². The molecule has 3 aromatic rings. The maximum Gasteiger partial charge on any atom is 0.124 e. The fourth-order valence-electron chi connectivity index (χ4n) is 1.62. The van der Waals surface area contributed by atoms with Crippen LogP contribution in [0.2, 0.25) is 0 Å². The Kier molecular flexibility index (Phi) is 1.49. The number of nitrogens with two attached hydrogens (primary N) is 1. The standard InChI is InChI=1S/C11H8N2S/c12-7-5-9-8-3-1-2-4-10(8)14-11(9)13-6-7/h1-6H,12H2. The van der Waals surface area contributed by atoms with Gasteiger partial charge in [0.25, 0.3) is 0 Å². The van der Waals surface area contributed by atoms with Crippen molar-refractivity contribution in [1.29, 1.82) is 0 Å². The molecule has 2 N–H and O–H groups in total. The lowest BCUT2D eigenvalue weighted by molar-refractivity contribution is 1.45. The van der Waals surface area contributed by atoms with Gasteiger partial charge in [0.15, 0.2) is 0 Å². The Morgan fingerprint density at radius 1 is 1.14 bits per heavy atom. The van der Waals surface area contributed by atoms with Crippen LogP contribution in [0, 0.1) is 0 Å². The first-order valence-corrected chi connectivity index (χ1v) is 5.19. The van der Waals surface area contributed by atoms with Gasteiger partial charge >= 0.3 is 0 Å². The van der Waals surface area contributed by atoms with Gasteiger partial charge < -0.3 is 5.73 Å². The number of pyridine rings is 1. The van der Waals surface area contributed by atoms with Gasteiger partial charge in [0, 0.05) is 15.5 Å². The molecule has 0 amide bonds. The summed E-state index contributed by atoms with van der Waals surface area (Å²) in [5.41, 5.74) is 6.44. The van der Waals surface area contributed by atoms with Crippen molar-refractivity contribution in [3.05, 3.63) is 36.5 Å². The normalized spacial score (nSPS) is 11.1. The van der Waals surface area contributed by atoms with Crippen LogP contribution in [0.5, 0.6) is 0 Å². The van der Waals surface area contributed by atoms with E-state index in [1.54, 1.807) is 17.5 Å². The van der Waals surface area contributed by atoms with Crippen LogP contribution in [-0.4, -0.2) is 4.98 Å². The van der Waals surface area contributed by atoms with Crippen molar-refractivity contribution in [3.63, 3.8) is 0 Å². The average Bonchev–Trinajstić information content (AvgIpc) is 2.56. The summed E-state index contributed by atoms with van der Waals surface area (Å²) in [6.07, 6.45) is 1.71. The highest BCUT2D eigenvalue weighted by molar-refractivity contribution is 7.25. The first kappa shape index (κ1) is 7.76. The second-order valence-electron chi connectivity index (χ2n) is 3.22. The van der Waals surface area contributed by atoms with E-state index in [-0.39, 0.29) is 0 Å². The van der Waals surface area contributed by atoms with Gasteiger partial charge in [-0.05, 0) is 12.1 Å². The Labute approximate surface area is 85.0 Å². The van der Waals surface area contributed by atoms with Crippen molar-refractivity contribution in [2.75, 3.05) is 5.73 Å². The van der Waals surface area contributed by atoms with E-state index in [1.807, 2.05) is 18.2 Å². The monoisotopic (exact) mass is 200 g/mol. The number of hydrogen-bond acceptors (Lipinski definition) is 3. The molecule has 68 valence electrons. The summed E-state index contributed by atoms with van der Waals surface area (Å²) >= 11 is 1.70. The Balaban J connectivity index is 2.58. The van der Waals surface area contributed by atoms with Crippen LogP contribution < -0.4 is 5.73 Å². The predicted octanol–water partition coefficient (Wildman–Crippen LogP) is 3.03. The van der Waals surface area contributed by atoms with Crippen molar-refractivity contribution in [1.82, 2.24) is 4.98 Å². The van der Waals surface area contributed by atoms with Crippen LogP contribution in [0.15, 0.2) is 36.5 Å². The molecule has 0 saturated heterocycles. The number of thiophene rings is 1. The molecule has 3 heteroatoms. The van der Waals surface area contributed by atoms with E-state index in [0.717, 1.165) is 15.9 Å². The van der Waals surface area contributed by atoms with Gasteiger partial charge in [-0.15, -0.1) is 11.3 Å². The number of rotatable bonds is 0. The summed E-state index contributed by atoms with van der Waals surface area (Å²) in [5, 5.41) is 2.40. The molecule has 0 aliphatic rings. The molecule has 0 radical (unpaired) electrons. The van der Waals surface area contributed by atoms with Crippen molar-refractivity contribution in [2.45, 2.75) is 0 Å². The van der Waals surface area contributed by atoms with Crippen LogP contribution in [0.25, 0.3) is 20.3 Å². The average molecular weight is 200 g/mol. The highest BCUT2D eigenvalue weighted by Gasteiger charge is 2.04. The minimum atomic E-state index is 0.723. The number of nitrogen functional groups attached to an aromatic ring is 1. The van der Waals surface area contributed by atoms with Gasteiger partial charge in [-0.1, -0.05) is 18.2 Å². The number of benzene rings is 1. The summed E-state index contributed by atoms with van der Waals surface area (Å²) < 4.78 is 1.26. The molecule has 0 bridgehead atoms. The highest BCUT2D eigenvalue weighted by atomic mass is 32.1. The zero-order valence-corrected chi connectivity index (χ0v) is 8.21. The smallest absolute Gasteiger partial charge is 0.124 e. The molecule has 0 fully saturated rings. The van der Waals surface area contributed by atoms with Crippen LogP contribution in [-0.2, 0) is 0 Å². The van der Waals surface area contributed by atoms with E-state index >= 15 is 0 Å². The summed E-state index contributed by atoms with van der Waals surface area (Å²) in [4.78, 5) is 5.37. The summed E-state index contributed by atoms with van der Waals surface area (Å²) in [6.45, 7) is 0. The van der Waals surface area contributed by atoms with Crippen molar-refractivity contribution in [2.24, 2.45) is 0 Å². The lowest BCUT2D eigenvalue weighted by Gasteiger charge is -1.92. The fourth-order valence-corrected chi connectivity index (χ4v) is 2.65. The summed E-state index contributed by atoms with van der Waals surface area (Å²) in [7, 11) is 0. The minimum Gasteiger partial charge on any atom is -0.397 e. The molecule has 0 aliphatic carbocycles. The lowest BCUT2D eigenvalue weighted by Crippen LogP contribution is -1.84. The molecule has 2 heterocycles. The predicted molar refractivity (Wildman–Crippen MR) is 61.5 cm³/mol. The third-order valence-corrected chi connectivity index (χ3v) is 3.35. The van der Waals surface area contributed by atoms with E-state index in [9.17, 15) is 0 Å². The zero-order chi connectivity index (χ0) is 9.54. The SMILES string of the molecule is Nc1cnc2sc3ccccc3c2c1. The number of nitrogens with zero attached hydrogens (tertiary/aromatic N) is 1. The van der Waals surface area contributed by atoms with Crippen LogP contribution in [0.4, 0.5) is 5.69 Å². The Bertz CT molecular complexity index is 613. The van der Waals surface area contributed by atoms with E-state index in [1.165, 1.54) is 10.1 Å². The molecule has 0 unspecified atom stereocenters. The quantitative estimate of drug-likeness (QED) is 0.605. The third kappa shape index (κ3) is 0.992. The van der Waals surface area contributed by atoms with E-state index in [2.05, 4.69) is 17.1 Å². The molecular weight excluding hydrogens is 192 g/mol.